The van der Waals surface area contributed by atoms with Crippen LogP contribution in [0, 0.1) is 0 Å². The van der Waals surface area contributed by atoms with Crippen LogP contribution in [0.4, 0.5) is 0 Å². The van der Waals surface area contributed by atoms with Crippen LogP contribution >= 0.6 is 0 Å². The summed E-state index contributed by atoms with van der Waals surface area (Å²) in [5, 5.41) is 11.6. The molecule has 1 fully saturated rings. The summed E-state index contributed by atoms with van der Waals surface area (Å²) in [4.78, 5) is 30.1. The van der Waals surface area contributed by atoms with Crippen LogP contribution in [-0.2, 0) is 16.1 Å². The lowest BCUT2D eigenvalue weighted by Gasteiger charge is -2.38. The Kier molecular flexibility index (Phi) is 8.62. The van der Waals surface area contributed by atoms with E-state index in [2.05, 4.69) is 15.6 Å². The molecule has 210 valence electrons. The number of carbonyl (C=O) groups excluding carboxylic acids is 2. The topological polar surface area (TPSA) is 108 Å². The van der Waals surface area contributed by atoms with Crippen LogP contribution in [0.1, 0.15) is 64.5 Å². The van der Waals surface area contributed by atoms with Gasteiger partial charge in [-0.05, 0) is 62.9 Å². The molecule has 10 heteroatoms. The van der Waals surface area contributed by atoms with Gasteiger partial charge in [-0.3, -0.25) is 9.59 Å². The molecule has 10 nitrogen and oxygen atoms in total. The molecule has 2 amide bonds. The molecule has 2 aromatic carbocycles. The molecule has 0 aliphatic heterocycles. The van der Waals surface area contributed by atoms with Gasteiger partial charge in [-0.1, -0.05) is 37.1 Å². The Balaban J connectivity index is 1.83. The highest BCUT2D eigenvalue weighted by Gasteiger charge is 2.40. The van der Waals surface area contributed by atoms with Crippen LogP contribution in [0.15, 0.2) is 36.4 Å². The molecule has 0 bridgehead atoms. The third-order valence-corrected chi connectivity index (χ3v) is 7.59. The molecule has 0 radical (unpaired) electrons. The van der Waals surface area contributed by atoms with Crippen LogP contribution in [0.2, 0.25) is 0 Å². The number of hydrogen-bond acceptors (Lipinski definition) is 7. The molecule has 4 rings (SSSR count). The van der Waals surface area contributed by atoms with E-state index in [4.69, 9.17) is 14.2 Å². The third-order valence-electron chi connectivity index (χ3n) is 7.59. The van der Waals surface area contributed by atoms with E-state index in [1.54, 1.807) is 21.7 Å². The molecule has 1 aromatic heterocycles. The average molecular weight is 538 g/mol. The van der Waals surface area contributed by atoms with Crippen LogP contribution in [-0.4, -0.2) is 64.6 Å². The van der Waals surface area contributed by atoms with E-state index in [0.29, 0.717) is 28.3 Å². The summed E-state index contributed by atoms with van der Waals surface area (Å²) in [5.74, 6) is 0.784. The van der Waals surface area contributed by atoms with Crippen molar-refractivity contribution in [3.63, 3.8) is 0 Å². The van der Waals surface area contributed by atoms with Gasteiger partial charge in [0.25, 0.3) is 0 Å². The van der Waals surface area contributed by atoms with Gasteiger partial charge in [0.15, 0.2) is 11.5 Å². The maximum absolute atomic E-state index is 14.2. The number of rotatable bonds is 11. The highest BCUT2D eigenvalue weighted by Crippen LogP contribution is 2.42. The van der Waals surface area contributed by atoms with Gasteiger partial charge >= 0.3 is 0 Å². The molecule has 1 heterocycles. The zero-order valence-electron chi connectivity index (χ0n) is 23.7. The summed E-state index contributed by atoms with van der Waals surface area (Å²) < 4.78 is 18.3. The zero-order valence-corrected chi connectivity index (χ0v) is 23.7. The van der Waals surface area contributed by atoms with Gasteiger partial charge in [0.2, 0.25) is 17.6 Å². The second-order valence-electron chi connectivity index (χ2n) is 10.6. The summed E-state index contributed by atoms with van der Waals surface area (Å²) in [6, 6.07) is 10.00. The van der Waals surface area contributed by atoms with E-state index in [-0.39, 0.29) is 24.4 Å². The normalized spacial score (nSPS) is 14.7. The predicted octanol–water partition coefficient (Wildman–Crippen LogP) is 4.27. The Hall–Kier alpha value is -3.82. The van der Waals surface area contributed by atoms with Crippen LogP contribution in [0.3, 0.4) is 0 Å². The smallest absolute Gasteiger partial charge is 0.247 e. The molecule has 3 aromatic rings. The van der Waals surface area contributed by atoms with Crippen LogP contribution < -0.4 is 19.5 Å². The number of benzene rings is 2. The largest absolute Gasteiger partial charge is 0.493 e. The van der Waals surface area contributed by atoms with Crippen molar-refractivity contribution in [3.05, 3.63) is 42.0 Å². The number of ether oxygens (including phenoxy) is 3. The van der Waals surface area contributed by atoms with Gasteiger partial charge < -0.3 is 24.4 Å². The highest BCUT2D eigenvalue weighted by molar-refractivity contribution is 5.90. The first-order valence-corrected chi connectivity index (χ1v) is 13.4. The molecular weight excluding hydrogens is 498 g/mol. The van der Waals surface area contributed by atoms with Crippen molar-refractivity contribution in [2.24, 2.45) is 0 Å². The second kappa shape index (κ2) is 11.9. The molecule has 1 atom stereocenters. The Morgan fingerprint density at radius 1 is 1.08 bits per heavy atom. The number of amides is 2. The number of carbonyl (C=O) groups is 2. The van der Waals surface area contributed by atoms with E-state index in [0.717, 1.165) is 37.6 Å². The van der Waals surface area contributed by atoms with Crippen LogP contribution in [0.5, 0.6) is 17.2 Å². The molecule has 1 aliphatic rings. The summed E-state index contributed by atoms with van der Waals surface area (Å²) in [5.41, 5.74) is 1.58. The first kappa shape index (κ1) is 28.2. The molecule has 1 saturated carbocycles. The second-order valence-corrected chi connectivity index (χ2v) is 10.6. The fourth-order valence-electron chi connectivity index (χ4n) is 5.17. The molecule has 1 N–H and O–H groups in total. The van der Waals surface area contributed by atoms with E-state index in [9.17, 15) is 9.59 Å². The van der Waals surface area contributed by atoms with E-state index in [1.807, 2.05) is 45.0 Å². The quantitative estimate of drug-likeness (QED) is 0.389. The molecule has 0 unspecified atom stereocenters. The molecule has 0 saturated heterocycles. The van der Waals surface area contributed by atoms with Crippen molar-refractivity contribution in [1.82, 2.24) is 25.2 Å². The first-order chi connectivity index (χ1) is 18.7. The van der Waals surface area contributed by atoms with Gasteiger partial charge in [0.1, 0.15) is 18.1 Å². The van der Waals surface area contributed by atoms with E-state index < -0.39 is 11.6 Å². The van der Waals surface area contributed by atoms with Gasteiger partial charge in [-0.15, -0.1) is 5.10 Å². The van der Waals surface area contributed by atoms with Gasteiger partial charge in [-0.25, -0.2) is 4.68 Å². The fourth-order valence-corrected chi connectivity index (χ4v) is 5.17. The van der Waals surface area contributed by atoms with Crippen molar-refractivity contribution < 1.29 is 23.8 Å². The Morgan fingerprint density at radius 3 is 2.31 bits per heavy atom. The molecule has 39 heavy (non-hydrogen) atoms. The standard InChI is InChI=1S/C29H39N5O5/c1-7-29(2,3)30-28(36)26(19-16-23(37-4)27(39-6)24(17-19)38-5)34(20-12-8-9-13-20)25(35)18-33-22-15-11-10-14-21(22)31-32-33/h10-11,14-17,20,26H,7-9,12-13,18H2,1-6H3,(H,30,36)/t26-/m0/s1. The maximum atomic E-state index is 14.2. The lowest BCUT2D eigenvalue weighted by atomic mass is 9.96. The zero-order chi connectivity index (χ0) is 28.2. The minimum absolute atomic E-state index is 0.0393. The van der Waals surface area contributed by atoms with E-state index >= 15 is 0 Å². The van der Waals surface area contributed by atoms with Gasteiger partial charge in [0, 0.05) is 11.6 Å². The van der Waals surface area contributed by atoms with Crippen molar-refractivity contribution in [1.29, 1.82) is 0 Å². The predicted molar refractivity (Wildman–Crippen MR) is 148 cm³/mol. The summed E-state index contributed by atoms with van der Waals surface area (Å²) in [6.45, 7) is 5.92. The lowest BCUT2D eigenvalue weighted by molar-refractivity contribution is -0.145. The number of para-hydroxylation sites is 1. The number of nitrogens with one attached hydrogen (secondary N) is 1. The third kappa shape index (κ3) is 5.94. The van der Waals surface area contributed by atoms with E-state index in [1.165, 1.54) is 21.3 Å². The van der Waals surface area contributed by atoms with Crippen molar-refractivity contribution in [2.45, 2.75) is 77.0 Å². The van der Waals surface area contributed by atoms with Gasteiger partial charge in [0.05, 0.1) is 26.8 Å². The Bertz CT molecular complexity index is 1290. The van der Waals surface area contributed by atoms with Crippen molar-refractivity contribution in [2.75, 3.05) is 21.3 Å². The maximum Gasteiger partial charge on any atom is 0.247 e. The average Bonchev–Trinajstić information content (AvgIpc) is 3.61. The van der Waals surface area contributed by atoms with Crippen molar-refractivity contribution in [3.8, 4) is 17.2 Å². The number of fused-ring (bicyclic) bond motifs is 1. The summed E-state index contributed by atoms with van der Waals surface area (Å²) >= 11 is 0. The number of nitrogens with zero attached hydrogens (tertiary/aromatic N) is 4. The highest BCUT2D eigenvalue weighted by atomic mass is 16.5. The summed E-state index contributed by atoms with van der Waals surface area (Å²) in [6.07, 6.45) is 4.34. The molecule has 1 aliphatic carbocycles. The monoisotopic (exact) mass is 537 g/mol. The molecule has 0 spiro atoms. The first-order valence-electron chi connectivity index (χ1n) is 13.4. The SMILES string of the molecule is CCC(C)(C)NC(=O)[C@H](c1cc(OC)c(OC)c(OC)c1)N(C(=O)Cn1nnc2ccccc21)C1CCCC1. The minimum atomic E-state index is -0.921. The Labute approximate surface area is 229 Å². The minimum Gasteiger partial charge on any atom is -0.493 e. The number of methoxy groups -OCH3 is 3. The number of aromatic nitrogens is 3. The Morgan fingerprint density at radius 2 is 1.72 bits per heavy atom. The summed E-state index contributed by atoms with van der Waals surface area (Å²) in [7, 11) is 4.60. The van der Waals surface area contributed by atoms with Crippen molar-refractivity contribution >= 4 is 22.8 Å². The fraction of sp³-hybridized carbons (Fsp3) is 0.517. The lowest BCUT2D eigenvalue weighted by Crippen LogP contribution is -2.53. The molecular formula is C29H39N5O5. The number of hydrogen-bond donors (Lipinski definition) is 1. The van der Waals surface area contributed by atoms with Crippen LogP contribution in [0.25, 0.3) is 11.0 Å². The van der Waals surface area contributed by atoms with Gasteiger partial charge in [-0.2, -0.15) is 0 Å².